The molecule has 744 valence electrons. The molecule has 0 bridgehead atoms. The first kappa shape index (κ1) is 100. The molecule has 28 heteroatoms. The summed E-state index contributed by atoms with van der Waals surface area (Å²) in [5.74, 6) is 8.27. The minimum absolute atomic E-state index is 0.0249. The fourth-order valence-corrected chi connectivity index (χ4v) is 35.8. The average Bonchev–Trinajstić information content (AvgIpc) is 1.65. The van der Waals surface area contributed by atoms with Gasteiger partial charge < -0.3 is 59.2 Å². The Balaban J connectivity index is 0.000000145. The number of rotatable bonds is 18. The van der Waals surface area contributed by atoms with Crippen molar-refractivity contribution in [3.05, 3.63) is 65.9 Å². The van der Waals surface area contributed by atoms with E-state index < -0.39 is 48.3 Å². The first-order valence-corrected chi connectivity index (χ1v) is 56.1. The zero-order valence-electron chi connectivity index (χ0n) is 82.2. The van der Waals surface area contributed by atoms with Crippen LogP contribution in [0.3, 0.4) is 0 Å². The number of nitrogens with zero attached hydrogens (tertiary/aromatic N) is 2. The SMILES string of the molecule is CC[C@H]1[C@@H](O)[C@@H]2[C@H](CC[C@]3(C)[C@@H]([C@H](C)COC(=O)NS(=O)(=O)c4ccc(N5CCCCC5)nc4)CC[C@@H]23)[C@@]2(C)CC[C@@H](O)C[C@@H]12.CC[C@H]1[C@@H](O)[C@@H]2[C@H](CC[C@]3(C)[C@@H]([C@H](C)COC(=O)NS(=O)(=O)c4ccc5c(c4)CCC(C)(C)O5)CC[C@@H]23)[C@@]2(C)CC[C@@H](O)C[C@@H]12.C[C@H](COC(=O)NS(=O)(=O)c1ccc2c(c1)CCC(C)(C)O2)[C@H]1CC[C@H]2[C@@H]3[C@H](O)C[C@@H]4C[C@H](O)CC[C@]4(C)[C@H]3CC[C@]12C. The number of aromatic nitrogens is 1. The molecule has 3 aromatic rings. The standard InChI is InChI=1S/C36H55NO7S.C35H55N3O6S.C34H51NO7S/c1-7-25-29-19-23(38)13-16-36(29,6)28-14-17-35(5)26(9-10-27(35)31(28)32(25)39)21(2)20-43-33(40)37-45(41,42)24-8-11-30-22(18-24)12-15-34(3,4)44-30;1-5-25-29-19-23(39)13-15-35(29,4)28-14-16-34(3)26(10-11-27(34)31(28)32(25)40)22(2)21-44-33(41)37-45(42,43)24-9-12-30(36-20-24)38-17-7-6-8-18-38;1-20(19-41-31(38)35-43(39,40)24-6-9-29-21(16-24)10-13-32(2,3)42-29)25-7-8-26-30-27(12-15-34(25,26)5)33(4)14-11-23(36)17-22(33)18-28(30)37/h8,11,18,21,23,25-29,31-32,38-39H,7,9-10,12-17,19-20H2,1-6H3,(H,37,40);9,12,20,22-23,25-29,31-32,39-40H,5-8,10-11,13-19,21H2,1-4H3,(H,37,41);6,9,16,20,22-23,25-28,30,36-37H,7-8,10-15,17-19H2,1-5H3,(H,35,38)/t21-,23-,25-,26-,27+,28+,29+,31+,32-,35-,36-;22-,23-,25-,26-,27+,28+,29+,31+,32-,34-,35-;20-,22+,23-,25-,26+,27+,28-,30+,33+,34-/m111/s1. The van der Waals surface area contributed by atoms with Crippen LogP contribution in [0.1, 0.15) is 301 Å². The van der Waals surface area contributed by atoms with Crippen molar-refractivity contribution in [2.24, 2.45) is 151 Å². The predicted molar refractivity (Wildman–Crippen MR) is 508 cm³/mol. The van der Waals surface area contributed by atoms with E-state index in [0.29, 0.717) is 95.4 Å². The van der Waals surface area contributed by atoms with Gasteiger partial charge >= 0.3 is 18.3 Å². The number of carbonyl (C=O) groups excluding carboxylic acids is 3. The van der Waals surface area contributed by atoms with E-state index in [-0.39, 0.29) is 162 Å². The minimum Gasteiger partial charge on any atom is -0.488 e. The van der Waals surface area contributed by atoms with E-state index in [2.05, 4.69) is 100 Å². The lowest BCUT2D eigenvalue weighted by Crippen LogP contribution is -2.62. The Morgan fingerprint density at radius 3 is 1.17 bits per heavy atom. The highest BCUT2D eigenvalue weighted by Gasteiger charge is 2.69. The molecule has 32 atom stereocenters. The molecule has 3 aliphatic heterocycles. The van der Waals surface area contributed by atoms with E-state index >= 15 is 0 Å². The van der Waals surface area contributed by atoms with E-state index in [1.807, 2.05) is 27.7 Å². The van der Waals surface area contributed by atoms with Crippen molar-refractivity contribution < 1.29 is 94.0 Å². The quantitative estimate of drug-likeness (QED) is 0.0534. The van der Waals surface area contributed by atoms with Crippen molar-refractivity contribution >= 4 is 54.2 Å². The van der Waals surface area contributed by atoms with Crippen LogP contribution in [0.25, 0.3) is 0 Å². The van der Waals surface area contributed by atoms with Crippen molar-refractivity contribution in [1.29, 1.82) is 0 Å². The molecule has 0 radical (unpaired) electrons. The summed E-state index contributed by atoms with van der Waals surface area (Å²) in [5, 5.41) is 66.8. The van der Waals surface area contributed by atoms with Crippen LogP contribution >= 0.6 is 0 Å². The maximum atomic E-state index is 13.1. The molecule has 0 unspecified atom stereocenters. The van der Waals surface area contributed by atoms with Crippen LogP contribution in [0.2, 0.25) is 0 Å². The number of aliphatic hydroxyl groups is 6. The molecule has 133 heavy (non-hydrogen) atoms. The van der Waals surface area contributed by atoms with Crippen LogP contribution in [0.15, 0.2) is 69.4 Å². The Bertz CT molecular complexity index is 5040. The summed E-state index contributed by atoms with van der Waals surface area (Å²) in [6, 6.07) is 12.6. The zero-order valence-corrected chi connectivity index (χ0v) is 84.6. The van der Waals surface area contributed by atoms with Gasteiger partial charge in [-0.15, -0.1) is 0 Å². The number of benzene rings is 2. The lowest BCUT2D eigenvalue weighted by molar-refractivity contribution is -0.203. The molecule has 12 saturated carbocycles. The van der Waals surface area contributed by atoms with Crippen LogP contribution in [0, 0.1) is 151 Å². The molecule has 12 aliphatic carbocycles. The van der Waals surface area contributed by atoms with Gasteiger partial charge in [0.2, 0.25) is 0 Å². The number of aliphatic hydroxyl groups excluding tert-OH is 6. The van der Waals surface area contributed by atoms with Crippen LogP contribution in [-0.4, -0.2) is 160 Å². The Labute approximate surface area is 793 Å². The second-order valence-electron chi connectivity index (χ2n) is 47.9. The number of ether oxygens (including phenoxy) is 5. The third-order valence-corrected chi connectivity index (χ3v) is 43.9. The van der Waals surface area contributed by atoms with Gasteiger partial charge in [0.15, 0.2) is 0 Å². The summed E-state index contributed by atoms with van der Waals surface area (Å²) in [6.07, 6.45) is 26.6. The van der Waals surface area contributed by atoms with Crippen molar-refractivity contribution in [2.75, 3.05) is 37.8 Å². The molecule has 25 nitrogen and oxygen atoms in total. The summed E-state index contributed by atoms with van der Waals surface area (Å²) in [4.78, 5) is 44.7. The Kier molecular flexibility index (Phi) is 28.8. The van der Waals surface area contributed by atoms with Crippen molar-refractivity contribution in [1.82, 2.24) is 19.2 Å². The van der Waals surface area contributed by atoms with Crippen LogP contribution in [0.4, 0.5) is 20.2 Å². The van der Waals surface area contributed by atoms with Gasteiger partial charge in [-0.05, 0) is 424 Å². The molecular weight excluding hydrogens is 1750 g/mol. The number of aryl methyl sites for hydroxylation is 2. The van der Waals surface area contributed by atoms with Gasteiger partial charge in [-0.1, -0.05) is 89.0 Å². The highest BCUT2D eigenvalue weighted by atomic mass is 32.2. The minimum atomic E-state index is -4.10. The fourth-order valence-electron chi connectivity index (χ4n) is 33.1. The van der Waals surface area contributed by atoms with Gasteiger partial charge in [-0.3, -0.25) is 0 Å². The average molecular weight is 1910 g/mol. The monoisotopic (exact) mass is 1910 g/mol. The number of hydrogen-bond acceptors (Lipinski definition) is 22. The number of sulfonamides is 3. The maximum Gasteiger partial charge on any atom is 0.421 e. The van der Waals surface area contributed by atoms with Crippen LogP contribution in [-0.2, 0) is 57.1 Å². The van der Waals surface area contributed by atoms with Crippen molar-refractivity contribution in [2.45, 2.75) is 365 Å². The third-order valence-electron chi connectivity index (χ3n) is 40.0. The molecule has 0 spiro atoms. The van der Waals surface area contributed by atoms with Crippen molar-refractivity contribution in [3.63, 3.8) is 0 Å². The van der Waals surface area contributed by atoms with Gasteiger partial charge in [-0.2, -0.15) is 0 Å². The molecule has 3 amide bonds. The van der Waals surface area contributed by atoms with Gasteiger partial charge in [0.1, 0.15) is 33.4 Å². The van der Waals surface area contributed by atoms with Crippen molar-refractivity contribution in [3.8, 4) is 11.5 Å². The first-order chi connectivity index (χ1) is 62.6. The highest BCUT2D eigenvalue weighted by molar-refractivity contribution is 7.90. The number of piperidine rings is 1. The summed E-state index contributed by atoms with van der Waals surface area (Å²) in [6.45, 7) is 35.5. The third kappa shape index (κ3) is 19.2. The van der Waals surface area contributed by atoms with Crippen LogP contribution < -0.4 is 28.5 Å². The lowest BCUT2D eigenvalue weighted by Gasteiger charge is -2.64. The van der Waals surface area contributed by atoms with E-state index in [1.54, 1.807) is 30.3 Å². The molecule has 15 aliphatic rings. The molecule has 1 saturated heterocycles. The molecule has 2 aromatic carbocycles. The van der Waals surface area contributed by atoms with E-state index in [4.69, 9.17) is 23.7 Å². The van der Waals surface area contributed by atoms with E-state index in [9.17, 15) is 70.3 Å². The molecule has 13 fully saturated rings. The number of nitrogens with one attached hydrogen (secondary N) is 3. The first-order valence-electron chi connectivity index (χ1n) is 51.6. The van der Waals surface area contributed by atoms with Gasteiger partial charge in [-0.25, -0.2) is 58.8 Å². The molecule has 4 heterocycles. The summed E-state index contributed by atoms with van der Waals surface area (Å²) < 4.78 is 113. The number of fused-ring (bicyclic) bond motifs is 17. The number of hydrogen-bond donors (Lipinski definition) is 9. The highest BCUT2D eigenvalue weighted by Crippen LogP contribution is 2.73. The largest absolute Gasteiger partial charge is 0.488 e. The number of pyridine rings is 1. The summed E-state index contributed by atoms with van der Waals surface area (Å²) >= 11 is 0. The second kappa shape index (κ2) is 38.1. The lowest BCUT2D eigenvalue weighted by atomic mass is 9.41. The molecular formula is C105H161N5O20S3. The van der Waals surface area contributed by atoms with Gasteiger partial charge in [0, 0.05) is 19.3 Å². The topological polar surface area (TPSA) is 373 Å². The van der Waals surface area contributed by atoms with E-state index in [1.165, 1.54) is 30.8 Å². The Hall–Kier alpha value is -5.59. The molecule has 18 rings (SSSR count). The maximum absolute atomic E-state index is 13.1. The molecule has 1 aromatic heterocycles. The smallest absolute Gasteiger partial charge is 0.421 e. The number of carbonyl (C=O) groups is 3. The second-order valence-corrected chi connectivity index (χ2v) is 52.9. The number of anilines is 1. The summed E-state index contributed by atoms with van der Waals surface area (Å²) in [7, 11) is -12.3. The van der Waals surface area contributed by atoms with E-state index in [0.717, 1.165) is 210 Å². The zero-order chi connectivity index (χ0) is 95.6. The molecule has 9 N–H and O–H groups in total. The summed E-state index contributed by atoms with van der Waals surface area (Å²) in [5.41, 5.74) is 1.65. The number of amides is 3. The van der Waals surface area contributed by atoms with Gasteiger partial charge in [0.25, 0.3) is 30.1 Å². The Morgan fingerprint density at radius 2 is 0.774 bits per heavy atom. The normalized spacial score (nSPS) is 40.7. The van der Waals surface area contributed by atoms with Gasteiger partial charge in [0.05, 0.1) is 66.2 Å². The Morgan fingerprint density at radius 1 is 0.421 bits per heavy atom. The van der Waals surface area contributed by atoms with Crippen LogP contribution in [0.5, 0.6) is 11.5 Å². The fraction of sp³-hybridized carbons (Fsp3) is 0.810. The predicted octanol–water partition coefficient (Wildman–Crippen LogP) is 18.0.